The van der Waals surface area contributed by atoms with E-state index in [-0.39, 0.29) is 12.2 Å². The van der Waals surface area contributed by atoms with Crippen molar-refractivity contribution < 1.29 is 9.53 Å². The van der Waals surface area contributed by atoms with Crippen LogP contribution in [0.3, 0.4) is 0 Å². The molecule has 0 bridgehead atoms. The number of carbonyl (C=O) groups is 1. The first-order valence-corrected chi connectivity index (χ1v) is 12.8. The van der Waals surface area contributed by atoms with E-state index < -0.39 is 12.0 Å². The van der Waals surface area contributed by atoms with E-state index in [0.717, 1.165) is 22.3 Å². The number of benzene rings is 3. The van der Waals surface area contributed by atoms with E-state index in [1.165, 1.54) is 11.3 Å². The summed E-state index contributed by atoms with van der Waals surface area (Å²) >= 11 is 7.47. The summed E-state index contributed by atoms with van der Waals surface area (Å²) in [5.74, 6) is -0.507. The van der Waals surface area contributed by atoms with Crippen molar-refractivity contribution >= 4 is 40.7 Å². The Morgan fingerprint density at radius 2 is 1.75 bits per heavy atom. The highest BCUT2D eigenvalue weighted by Crippen LogP contribution is 2.35. The number of esters is 1. The second-order valence-electron chi connectivity index (χ2n) is 8.39. The van der Waals surface area contributed by atoms with E-state index >= 15 is 0 Å². The van der Waals surface area contributed by atoms with Gasteiger partial charge in [0.05, 0.1) is 28.5 Å². The fourth-order valence-corrected chi connectivity index (χ4v) is 5.34. The highest BCUT2D eigenvalue weighted by atomic mass is 35.5. The van der Waals surface area contributed by atoms with Gasteiger partial charge in [-0.2, -0.15) is 0 Å². The summed E-state index contributed by atoms with van der Waals surface area (Å²) in [6.45, 7) is 3.98. The maximum atomic E-state index is 13.8. The molecule has 1 aliphatic rings. The highest BCUT2D eigenvalue weighted by molar-refractivity contribution is 7.07. The van der Waals surface area contributed by atoms with Crippen LogP contribution >= 0.6 is 22.9 Å². The zero-order chi connectivity index (χ0) is 25.2. The maximum Gasteiger partial charge on any atom is 0.338 e. The van der Waals surface area contributed by atoms with Gasteiger partial charge in [0.25, 0.3) is 5.56 Å². The molecule has 0 N–H and O–H groups in total. The summed E-state index contributed by atoms with van der Waals surface area (Å²) in [5, 5.41) is 0.565. The minimum atomic E-state index is -0.715. The zero-order valence-electron chi connectivity index (χ0n) is 19.8. The van der Waals surface area contributed by atoms with Gasteiger partial charge in [0.15, 0.2) is 4.80 Å². The number of carbonyl (C=O) groups excluding carboxylic acids is 1. The Morgan fingerprint density at radius 1 is 1.06 bits per heavy atom. The second-order valence-corrected chi connectivity index (χ2v) is 9.84. The Bertz CT molecular complexity index is 1630. The standard InChI is InChI=1S/C29H23ClN2O3S/c1-3-35-28(34)24-25(20-7-5-4-6-8-20)31-29-32(26(24)21-13-15-22(30)16-14-21)27(33)23(36-29)17-19-11-9-18(2)10-12-19/h4-17,26H,3H2,1-2H3/b23-17-. The number of fused-ring (bicyclic) bond motifs is 1. The fraction of sp³-hybridized carbons (Fsp3) is 0.138. The number of aromatic nitrogens is 1. The van der Waals surface area contributed by atoms with Crippen molar-refractivity contribution in [1.82, 2.24) is 4.57 Å². The summed E-state index contributed by atoms with van der Waals surface area (Å²) in [5.41, 5.74) is 4.18. The Kier molecular flexibility index (Phi) is 6.72. The lowest BCUT2D eigenvalue weighted by molar-refractivity contribution is -0.138. The van der Waals surface area contributed by atoms with Gasteiger partial charge in [-0.15, -0.1) is 0 Å². The molecule has 180 valence electrons. The third kappa shape index (κ3) is 4.57. The lowest BCUT2D eigenvalue weighted by Crippen LogP contribution is -2.40. The van der Waals surface area contributed by atoms with Crippen LogP contribution in [0.2, 0.25) is 5.02 Å². The average molecular weight is 515 g/mol. The minimum absolute atomic E-state index is 0.204. The first kappa shape index (κ1) is 24.0. The van der Waals surface area contributed by atoms with Crippen LogP contribution in [0.4, 0.5) is 0 Å². The summed E-state index contributed by atoms with van der Waals surface area (Å²) in [6, 6.07) is 23.9. The molecule has 0 amide bonds. The quantitative estimate of drug-likeness (QED) is 0.356. The smallest absolute Gasteiger partial charge is 0.338 e. The monoisotopic (exact) mass is 514 g/mol. The van der Waals surface area contributed by atoms with E-state index in [2.05, 4.69) is 0 Å². The molecule has 0 saturated heterocycles. The van der Waals surface area contributed by atoms with Gasteiger partial charge >= 0.3 is 5.97 Å². The van der Waals surface area contributed by atoms with Crippen molar-refractivity contribution in [3.8, 4) is 0 Å². The second kappa shape index (κ2) is 10.1. The van der Waals surface area contributed by atoms with E-state index in [1.807, 2.05) is 79.7 Å². The van der Waals surface area contributed by atoms with Crippen LogP contribution in [-0.4, -0.2) is 17.1 Å². The van der Waals surface area contributed by atoms with Crippen molar-refractivity contribution in [3.63, 3.8) is 0 Å². The Labute approximate surface area is 217 Å². The van der Waals surface area contributed by atoms with Crippen LogP contribution in [0.1, 0.15) is 35.2 Å². The zero-order valence-corrected chi connectivity index (χ0v) is 21.3. The molecule has 4 aromatic rings. The molecule has 1 aliphatic heterocycles. The van der Waals surface area contributed by atoms with E-state index in [4.69, 9.17) is 21.3 Å². The van der Waals surface area contributed by atoms with Crippen molar-refractivity contribution in [2.75, 3.05) is 6.61 Å². The Morgan fingerprint density at radius 3 is 2.42 bits per heavy atom. The SMILES string of the molecule is CCOC(=O)C1=C(c2ccccc2)N=c2s/c(=C\c3ccc(C)cc3)c(=O)n2C1c1ccc(Cl)cc1. The van der Waals surface area contributed by atoms with Gasteiger partial charge in [-0.05, 0) is 43.2 Å². The molecule has 2 heterocycles. The molecule has 5 rings (SSSR count). The molecule has 0 spiro atoms. The predicted octanol–water partition coefficient (Wildman–Crippen LogP) is 4.90. The van der Waals surface area contributed by atoms with E-state index in [1.54, 1.807) is 23.6 Å². The molecule has 3 aromatic carbocycles. The molecule has 0 fully saturated rings. The van der Waals surface area contributed by atoms with Crippen molar-refractivity contribution in [2.45, 2.75) is 19.9 Å². The summed E-state index contributed by atoms with van der Waals surface area (Å²) < 4.78 is 7.60. The molecule has 5 nitrogen and oxygen atoms in total. The van der Waals surface area contributed by atoms with Crippen molar-refractivity contribution in [1.29, 1.82) is 0 Å². The molecule has 0 aliphatic carbocycles. The molecule has 36 heavy (non-hydrogen) atoms. The molecular weight excluding hydrogens is 492 g/mol. The van der Waals surface area contributed by atoms with Gasteiger partial charge in [0.2, 0.25) is 0 Å². The van der Waals surface area contributed by atoms with Gasteiger partial charge in [-0.3, -0.25) is 9.36 Å². The highest BCUT2D eigenvalue weighted by Gasteiger charge is 2.35. The molecule has 1 unspecified atom stereocenters. The molecule has 0 radical (unpaired) electrons. The summed E-state index contributed by atoms with van der Waals surface area (Å²) in [4.78, 5) is 32.5. The van der Waals surface area contributed by atoms with Gasteiger partial charge in [-0.25, -0.2) is 9.79 Å². The normalized spacial score (nSPS) is 15.4. The lowest BCUT2D eigenvalue weighted by Gasteiger charge is -2.25. The predicted molar refractivity (Wildman–Crippen MR) is 144 cm³/mol. The van der Waals surface area contributed by atoms with Crippen LogP contribution in [0.15, 0.2) is 94.2 Å². The van der Waals surface area contributed by atoms with Gasteiger partial charge in [-0.1, -0.05) is 95.2 Å². The number of aryl methyl sites for hydroxylation is 1. The first-order chi connectivity index (χ1) is 17.5. The number of nitrogens with zero attached hydrogens (tertiary/aromatic N) is 2. The minimum Gasteiger partial charge on any atom is -0.463 e. The maximum absolute atomic E-state index is 13.8. The summed E-state index contributed by atoms with van der Waals surface area (Å²) in [6.07, 6.45) is 1.86. The van der Waals surface area contributed by atoms with E-state index in [9.17, 15) is 9.59 Å². The number of rotatable bonds is 5. The first-order valence-electron chi connectivity index (χ1n) is 11.6. The third-order valence-electron chi connectivity index (χ3n) is 5.93. The number of hydrogen-bond acceptors (Lipinski definition) is 5. The fourth-order valence-electron chi connectivity index (χ4n) is 4.21. The van der Waals surface area contributed by atoms with Gasteiger partial charge < -0.3 is 4.74 Å². The summed E-state index contributed by atoms with van der Waals surface area (Å²) in [7, 11) is 0. The number of hydrogen-bond donors (Lipinski definition) is 0. The molecular formula is C29H23ClN2O3S. The number of ether oxygens (including phenoxy) is 1. The largest absolute Gasteiger partial charge is 0.463 e. The molecule has 1 aromatic heterocycles. The van der Waals surface area contributed by atoms with Gasteiger partial charge in [0.1, 0.15) is 0 Å². The molecule has 1 atom stereocenters. The third-order valence-corrected chi connectivity index (χ3v) is 7.17. The Balaban J connectivity index is 1.82. The lowest BCUT2D eigenvalue weighted by atomic mass is 9.93. The topological polar surface area (TPSA) is 60.7 Å². The van der Waals surface area contributed by atoms with E-state index in [0.29, 0.717) is 25.6 Å². The van der Waals surface area contributed by atoms with Crippen LogP contribution < -0.4 is 14.9 Å². The Hall–Kier alpha value is -3.74. The van der Waals surface area contributed by atoms with Gasteiger partial charge in [0, 0.05) is 10.6 Å². The van der Waals surface area contributed by atoms with Crippen LogP contribution in [0.25, 0.3) is 11.8 Å². The molecule has 0 saturated carbocycles. The van der Waals surface area contributed by atoms with Crippen LogP contribution in [-0.2, 0) is 9.53 Å². The van der Waals surface area contributed by atoms with Crippen molar-refractivity contribution in [3.05, 3.63) is 131 Å². The molecule has 7 heteroatoms. The average Bonchev–Trinajstić information content (AvgIpc) is 3.20. The van der Waals surface area contributed by atoms with Crippen LogP contribution in [0.5, 0.6) is 0 Å². The number of halogens is 1. The van der Waals surface area contributed by atoms with Crippen LogP contribution in [0, 0.1) is 6.92 Å². The number of thiazole rings is 1. The van der Waals surface area contributed by atoms with Crippen molar-refractivity contribution in [2.24, 2.45) is 4.99 Å².